The highest BCUT2D eigenvalue weighted by Crippen LogP contribution is 2.22. The molecule has 1 aromatic carbocycles. The van der Waals surface area contributed by atoms with Gasteiger partial charge in [0.05, 0.1) is 5.92 Å². The van der Waals surface area contributed by atoms with Gasteiger partial charge in [-0.1, -0.05) is 26.0 Å². The standard InChI is InChI=1S/C18H25NO4/c1-12(2)14-6-4-8-16(10-14)23-13(3)17(20)19-9-5-7-15(11-19)18(21)22/h4,6,8,10,12-13,15H,5,7,9,11H2,1-3H3,(H,21,22)/t13?,15-/m0/s1. The molecule has 0 aliphatic carbocycles. The van der Waals surface area contributed by atoms with Crippen LogP contribution in [0.15, 0.2) is 24.3 Å². The van der Waals surface area contributed by atoms with E-state index in [0.717, 1.165) is 12.0 Å². The Morgan fingerprint density at radius 1 is 1.30 bits per heavy atom. The van der Waals surface area contributed by atoms with Gasteiger partial charge >= 0.3 is 5.97 Å². The largest absolute Gasteiger partial charge is 0.481 e. The van der Waals surface area contributed by atoms with Gasteiger partial charge in [0.2, 0.25) is 0 Å². The van der Waals surface area contributed by atoms with Crippen LogP contribution in [0.1, 0.15) is 45.1 Å². The molecule has 1 saturated heterocycles. The molecule has 0 bridgehead atoms. The summed E-state index contributed by atoms with van der Waals surface area (Å²) in [6.45, 7) is 6.80. The molecule has 2 rings (SSSR count). The first-order chi connectivity index (χ1) is 10.9. The van der Waals surface area contributed by atoms with E-state index in [-0.39, 0.29) is 12.5 Å². The number of carbonyl (C=O) groups excluding carboxylic acids is 1. The highest BCUT2D eigenvalue weighted by atomic mass is 16.5. The Bertz CT molecular complexity index is 570. The van der Waals surface area contributed by atoms with Crippen molar-refractivity contribution < 1.29 is 19.4 Å². The van der Waals surface area contributed by atoms with Gasteiger partial charge in [-0.3, -0.25) is 9.59 Å². The van der Waals surface area contributed by atoms with E-state index in [9.17, 15) is 9.59 Å². The van der Waals surface area contributed by atoms with Gasteiger partial charge in [0, 0.05) is 13.1 Å². The average molecular weight is 319 g/mol. The zero-order valence-electron chi connectivity index (χ0n) is 14.0. The van der Waals surface area contributed by atoms with Gasteiger partial charge in [-0.2, -0.15) is 0 Å². The van der Waals surface area contributed by atoms with Crippen molar-refractivity contribution in [1.29, 1.82) is 0 Å². The predicted molar refractivity (Wildman–Crippen MR) is 87.6 cm³/mol. The smallest absolute Gasteiger partial charge is 0.308 e. The summed E-state index contributed by atoms with van der Waals surface area (Å²) in [5.41, 5.74) is 1.16. The molecule has 1 aliphatic heterocycles. The van der Waals surface area contributed by atoms with Gasteiger partial charge in [-0.25, -0.2) is 0 Å². The Balaban J connectivity index is 1.99. The van der Waals surface area contributed by atoms with Crippen molar-refractivity contribution in [3.8, 4) is 5.75 Å². The molecule has 0 spiro atoms. The monoisotopic (exact) mass is 319 g/mol. The summed E-state index contributed by atoms with van der Waals surface area (Å²) >= 11 is 0. The number of rotatable bonds is 5. The summed E-state index contributed by atoms with van der Waals surface area (Å²) in [6, 6.07) is 7.74. The fourth-order valence-corrected chi connectivity index (χ4v) is 2.84. The van der Waals surface area contributed by atoms with Crippen LogP contribution in [-0.2, 0) is 9.59 Å². The van der Waals surface area contributed by atoms with Crippen molar-refractivity contribution in [2.45, 2.75) is 45.6 Å². The highest BCUT2D eigenvalue weighted by Gasteiger charge is 2.30. The summed E-state index contributed by atoms with van der Waals surface area (Å²) in [7, 11) is 0. The van der Waals surface area contributed by atoms with Crippen molar-refractivity contribution in [3.05, 3.63) is 29.8 Å². The van der Waals surface area contributed by atoms with E-state index >= 15 is 0 Å². The minimum Gasteiger partial charge on any atom is -0.481 e. The molecular weight excluding hydrogens is 294 g/mol. The van der Waals surface area contributed by atoms with Gasteiger partial charge < -0.3 is 14.7 Å². The molecule has 0 saturated carbocycles. The van der Waals surface area contributed by atoms with E-state index in [2.05, 4.69) is 13.8 Å². The van der Waals surface area contributed by atoms with E-state index in [1.54, 1.807) is 11.8 Å². The third-order valence-electron chi connectivity index (χ3n) is 4.27. The Labute approximate surface area is 137 Å². The fourth-order valence-electron chi connectivity index (χ4n) is 2.84. The maximum absolute atomic E-state index is 12.5. The van der Waals surface area contributed by atoms with Crippen molar-refractivity contribution in [2.75, 3.05) is 13.1 Å². The predicted octanol–water partition coefficient (Wildman–Crippen LogP) is 2.90. The van der Waals surface area contributed by atoms with Crippen molar-refractivity contribution in [2.24, 2.45) is 5.92 Å². The van der Waals surface area contributed by atoms with Crippen molar-refractivity contribution in [1.82, 2.24) is 4.90 Å². The number of amides is 1. The molecule has 1 fully saturated rings. The summed E-state index contributed by atoms with van der Waals surface area (Å²) in [4.78, 5) is 25.2. The summed E-state index contributed by atoms with van der Waals surface area (Å²) in [5, 5.41) is 9.12. The maximum Gasteiger partial charge on any atom is 0.308 e. The van der Waals surface area contributed by atoms with Gasteiger partial charge in [-0.05, 0) is 43.4 Å². The van der Waals surface area contributed by atoms with E-state index < -0.39 is 18.0 Å². The van der Waals surface area contributed by atoms with Crippen LogP contribution in [0.5, 0.6) is 5.75 Å². The SMILES string of the molecule is CC(Oc1cccc(C(C)C)c1)C(=O)N1CCC[C@H](C(=O)O)C1. The molecule has 1 amide bonds. The zero-order valence-corrected chi connectivity index (χ0v) is 14.0. The number of hydrogen-bond acceptors (Lipinski definition) is 3. The number of nitrogens with zero attached hydrogens (tertiary/aromatic N) is 1. The number of ether oxygens (including phenoxy) is 1. The number of piperidine rings is 1. The van der Waals surface area contributed by atoms with Crippen LogP contribution in [-0.4, -0.2) is 41.1 Å². The second-order valence-corrected chi connectivity index (χ2v) is 6.45. The second kappa shape index (κ2) is 7.49. The van der Waals surface area contributed by atoms with E-state index in [4.69, 9.17) is 9.84 Å². The van der Waals surface area contributed by atoms with Gasteiger partial charge in [-0.15, -0.1) is 0 Å². The topological polar surface area (TPSA) is 66.8 Å². The van der Waals surface area contributed by atoms with Gasteiger partial charge in [0.15, 0.2) is 6.10 Å². The van der Waals surface area contributed by atoms with Crippen molar-refractivity contribution in [3.63, 3.8) is 0 Å². The summed E-state index contributed by atoms with van der Waals surface area (Å²) < 4.78 is 5.78. The minimum absolute atomic E-state index is 0.147. The maximum atomic E-state index is 12.5. The number of carboxylic acid groups (broad SMARTS) is 1. The first kappa shape index (κ1) is 17.3. The highest BCUT2D eigenvalue weighted by molar-refractivity contribution is 5.82. The molecule has 1 aliphatic rings. The lowest BCUT2D eigenvalue weighted by atomic mass is 9.98. The molecule has 5 heteroatoms. The lowest BCUT2D eigenvalue weighted by molar-refractivity contribution is -0.147. The lowest BCUT2D eigenvalue weighted by Gasteiger charge is -2.32. The molecule has 1 aromatic rings. The molecule has 2 atom stereocenters. The molecule has 1 unspecified atom stereocenters. The lowest BCUT2D eigenvalue weighted by Crippen LogP contribution is -2.47. The first-order valence-electron chi connectivity index (χ1n) is 8.16. The normalized spacial score (nSPS) is 19.5. The van der Waals surface area contributed by atoms with Crippen LogP contribution in [0, 0.1) is 5.92 Å². The summed E-state index contributed by atoms with van der Waals surface area (Å²) in [6.07, 6.45) is 0.730. The van der Waals surface area contributed by atoms with E-state index in [1.165, 1.54) is 0 Å². The van der Waals surface area contributed by atoms with Gasteiger partial charge in [0.1, 0.15) is 5.75 Å². The van der Waals surface area contributed by atoms with Crippen LogP contribution < -0.4 is 4.74 Å². The Hall–Kier alpha value is -2.04. The Morgan fingerprint density at radius 3 is 2.70 bits per heavy atom. The zero-order chi connectivity index (χ0) is 17.0. The van der Waals surface area contributed by atoms with Gasteiger partial charge in [0.25, 0.3) is 5.91 Å². The molecular formula is C18H25NO4. The third-order valence-corrected chi connectivity index (χ3v) is 4.27. The van der Waals surface area contributed by atoms with E-state index in [0.29, 0.717) is 24.6 Å². The van der Waals surface area contributed by atoms with Crippen LogP contribution in [0.2, 0.25) is 0 Å². The first-order valence-corrected chi connectivity index (χ1v) is 8.16. The Morgan fingerprint density at radius 2 is 2.04 bits per heavy atom. The molecule has 1 N–H and O–H groups in total. The molecule has 0 aromatic heterocycles. The minimum atomic E-state index is -0.833. The average Bonchev–Trinajstić information content (AvgIpc) is 2.54. The fraction of sp³-hybridized carbons (Fsp3) is 0.556. The molecule has 5 nitrogen and oxygen atoms in total. The molecule has 23 heavy (non-hydrogen) atoms. The number of likely N-dealkylation sites (tertiary alicyclic amines) is 1. The van der Waals surface area contributed by atoms with Crippen LogP contribution in [0.25, 0.3) is 0 Å². The number of benzene rings is 1. The van der Waals surface area contributed by atoms with E-state index in [1.807, 2.05) is 24.3 Å². The Kier molecular flexibility index (Phi) is 5.64. The molecule has 1 heterocycles. The number of carboxylic acids is 1. The third kappa shape index (κ3) is 4.47. The quantitative estimate of drug-likeness (QED) is 0.906. The number of aliphatic carboxylic acids is 1. The van der Waals surface area contributed by atoms with Crippen LogP contribution in [0.3, 0.4) is 0 Å². The number of carbonyl (C=O) groups is 2. The molecule has 0 radical (unpaired) electrons. The summed E-state index contributed by atoms with van der Waals surface area (Å²) in [5.74, 6) is -0.386. The van der Waals surface area contributed by atoms with Crippen LogP contribution in [0.4, 0.5) is 0 Å². The van der Waals surface area contributed by atoms with Crippen molar-refractivity contribution >= 4 is 11.9 Å². The second-order valence-electron chi connectivity index (χ2n) is 6.45. The molecule has 126 valence electrons. The van der Waals surface area contributed by atoms with Crippen LogP contribution >= 0.6 is 0 Å². The number of hydrogen-bond donors (Lipinski definition) is 1.